The molecule has 9 nitrogen and oxygen atoms in total. The standard InChI is InChI=1S/C22H27ClN6O3/c1-13-19(14(2)29(27-13)12-22(3,4)31)15-5-7-24-18(9-15)32-16-6-8-28(11-16)17-10-25-26-21(30)20(17)23/h5,7,9-10,16,31H,6,8,11-12H2,1-4H3,(H,26,30)/t16-/m1/s1. The smallest absolute Gasteiger partial charge is 0.285 e. The number of nitrogens with one attached hydrogen (secondary N) is 1. The Balaban J connectivity index is 1.51. The number of hydrogen-bond acceptors (Lipinski definition) is 7. The lowest BCUT2D eigenvalue weighted by Gasteiger charge is -2.19. The van der Waals surface area contributed by atoms with Crippen LogP contribution >= 0.6 is 11.6 Å². The van der Waals surface area contributed by atoms with E-state index in [0.717, 1.165) is 28.9 Å². The zero-order valence-electron chi connectivity index (χ0n) is 18.6. The van der Waals surface area contributed by atoms with E-state index >= 15 is 0 Å². The zero-order valence-corrected chi connectivity index (χ0v) is 19.3. The average molecular weight is 459 g/mol. The van der Waals surface area contributed by atoms with Crippen LogP contribution in [0.4, 0.5) is 5.69 Å². The summed E-state index contributed by atoms with van der Waals surface area (Å²) in [7, 11) is 0. The maximum atomic E-state index is 11.7. The largest absolute Gasteiger partial charge is 0.472 e. The van der Waals surface area contributed by atoms with Crippen molar-refractivity contribution in [1.82, 2.24) is 25.0 Å². The van der Waals surface area contributed by atoms with Gasteiger partial charge in [0.2, 0.25) is 5.88 Å². The maximum absolute atomic E-state index is 11.7. The van der Waals surface area contributed by atoms with Gasteiger partial charge in [-0.05, 0) is 39.3 Å². The van der Waals surface area contributed by atoms with Gasteiger partial charge in [0.1, 0.15) is 11.1 Å². The molecule has 1 aliphatic heterocycles. The van der Waals surface area contributed by atoms with Crippen molar-refractivity contribution in [3.05, 3.63) is 51.3 Å². The lowest BCUT2D eigenvalue weighted by Crippen LogP contribution is -2.27. The lowest BCUT2D eigenvalue weighted by molar-refractivity contribution is 0.0570. The van der Waals surface area contributed by atoms with E-state index in [1.54, 1.807) is 26.2 Å². The average Bonchev–Trinajstić information content (AvgIpc) is 3.27. The molecule has 170 valence electrons. The number of halogens is 1. The molecule has 3 aromatic heterocycles. The van der Waals surface area contributed by atoms with Gasteiger partial charge in [-0.1, -0.05) is 11.6 Å². The number of aromatic nitrogens is 5. The second-order valence-electron chi connectivity index (χ2n) is 8.77. The number of aromatic amines is 1. The molecule has 1 aliphatic rings. The Morgan fingerprint density at radius 3 is 2.91 bits per heavy atom. The highest BCUT2D eigenvalue weighted by Crippen LogP contribution is 2.31. The number of nitrogens with zero attached hydrogens (tertiary/aromatic N) is 5. The Hall–Kier alpha value is -2.91. The number of hydrogen-bond donors (Lipinski definition) is 2. The molecule has 0 spiro atoms. The first-order chi connectivity index (χ1) is 15.1. The van der Waals surface area contributed by atoms with Crippen LogP contribution in [-0.4, -0.2) is 54.9 Å². The van der Waals surface area contributed by atoms with E-state index in [1.807, 2.05) is 35.6 Å². The quantitative estimate of drug-likeness (QED) is 0.584. The fourth-order valence-corrected chi connectivity index (χ4v) is 4.28. The molecule has 0 unspecified atom stereocenters. The van der Waals surface area contributed by atoms with Crippen LogP contribution in [0.15, 0.2) is 29.3 Å². The van der Waals surface area contributed by atoms with Gasteiger partial charge < -0.3 is 14.7 Å². The summed E-state index contributed by atoms with van der Waals surface area (Å²) >= 11 is 6.14. The van der Waals surface area contributed by atoms with Crippen molar-refractivity contribution in [2.75, 3.05) is 18.0 Å². The predicted molar refractivity (Wildman–Crippen MR) is 122 cm³/mol. The van der Waals surface area contributed by atoms with Gasteiger partial charge in [-0.3, -0.25) is 9.48 Å². The molecule has 3 aromatic rings. The van der Waals surface area contributed by atoms with E-state index in [4.69, 9.17) is 16.3 Å². The van der Waals surface area contributed by atoms with E-state index in [2.05, 4.69) is 20.3 Å². The van der Waals surface area contributed by atoms with Crippen LogP contribution in [-0.2, 0) is 6.54 Å². The van der Waals surface area contributed by atoms with E-state index in [1.165, 1.54) is 0 Å². The van der Waals surface area contributed by atoms with Crippen molar-refractivity contribution in [2.45, 2.75) is 52.4 Å². The van der Waals surface area contributed by atoms with E-state index in [-0.39, 0.29) is 11.1 Å². The highest BCUT2D eigenvalue weighted by molar-refractivity contribution is 6.33. The van der Waals surface area contributed by atoms with Gasteiger partial charge in [-0.25, -0.2) is 10.1 Å². The first-order valence-electron chi connectivity index (χ1n) is 10.5. The van der Waals surface area contributed by atoms with Crippen LogP contribution in [0, 0.1) is 13.8 Å². The third kappa shape index (κ3) is 4.63. The molecule has 0 amide bonds. The second kappa shape index (κ2) is 8.55. The van der Waals surface area contributed by atoms with E-state index < -0.39 is 11.2 Å². The third-order valence-electron chi connectivity index (χ3n) is 5.49. The Labute approximate surface area is 191 Å². The monoisotopic (exact) mass is 458 g/mol. The summed E-state index contributed by atoms with van der Waals surface area (Å²) in [6, 6.07) is 3.84. The summed E-state index contributed by atoms with van der Waals surface area (Å²) in [5.74, 6) is 0.526. The summed E-state index contributed by atoms with van der Waals surface area (Å²) in [6.07, 6.45) is 3.97. The van der Waals surface area contributed by atoms with Gasteiger partial charge in [-0.2, -0.15) is 10.2 Å². The summed E-state index contributed by atoms with van der Waals surface area (Å²) in [5.41, 5.74) is 3.17. The molecule has 1 fully saturated rings. The number of rotatable bonds is 6. The van der Waals surface area contributed by atoms with Crippen LogP contribution in [0.2, 0.25) is 5.02 Å². The number of H-pyrrole nitrogens is 1. The molecule has 32 heavy (non-hydrogen) atoms. The Kier molecular flexibility index (Phi) is 5.96. The van der Waals surface area contributed by atoms with E-state index in [9.17, 15) is 9.90 Å². The van der Waals surface area contributed by atoms with Crippen molar-refractivity contribution < 1.29 is 9.84 Å². The fraction of sp³-hybridized carbons (Fsp3) is 0.455. The Bertz CT molecular complexity index is 1180. The highest BCUT2D eigenvalue weighted by atomic mass is 35.5. The lowest BCUT2D eigenvalue weighted by atomic mass is 10.0. The SMILES string of the molecule is Cc1nn(CC(C)(C)O)c(C)c1-c1ccnc(O[C@@H]2CCN(c3cn[nH]c(=O)c3Cl)C2)c1. The number of pyridine rings is 1. The topological polar surface area (TPSA) is 109 Å². The number of aryl methyl sites for hydroxylation is 1. The molecule has 0 aliphatic carbocycles. The second-order valence-corrected chi connectivity index (χ2v) is 9.15. The van der Waals surface area contributed by atoms with Gasteiger partial charge >= 0.3 is 0 Å². The van der Waals surface area contributed by atoms with Crippen molar-refractivity contribution in [1.29, 1.82) is 0 Å². The number of aliphatic hydroxyl groups is 1. The Morgan fingerprint density at radius 1 is 1.38 bits per heavy atom. The summed E-state index contributed by atoms with van der Waals surface area (Å²) in [5, 5.41) is 21.1. The first kappa shape index (κ1) is 22.3. The predicted octanol–water partition coefficient (Wildman–Crippen LogP) is 2.73. The van der Waals surface area contributed by atoms with Crippen LogP contribution in [0.1, 0.15) is 31.7 Å². The molecule has 10 heteroatoms. The molecule has 0 saturated carbocycles. The molecule has 1 saturated heterocycles. The minimum atomic E-state index is -0.858. The summed E-state index contributed by atoms with van der Waals surface area (Å²) in [6.45, 7) is 9.18. The zero-order chi connectivity index (χ0) is 23.0. The molecule has 1 atom stereocenters. The van der Waals surface area contributed by atoms with Crippen LogP contribution in [0.25, 0.3) is 11.1 Å². The Morgan fingerprint density at radius 2 is 2.16 bits per heavy atom. The molecule has 4 rings (SSSR count). The van der Waals surface area contributed by atoms with Crippen molar-refractivity contribution in [2.24, 2.45) is 0 Å². The molecule has 0 aromatic carbocycles. The van der Waals surface area contributed by atoms with Gasteiger partial charge in [0.15, 0.2) is 0 Å². The van der Waals surface area contributed by atoms with Crippen molar-refractivity contribution >= 4 is 17.3 Å². The van der Waals surface area contributed by atoms with Gasteiger partial charge in [0.05, 0.1) is 36.3 Å². The molecular weight excluding hydrogens is 432 g/mol. The minimum Gasteiger partial charge on any atom is -0.472 e. The van der Waals surface area contributed by atoms with E-state index in [0.29, 0.717) is 31.2 Å². The number of anilines is 1. The molecule has 2 N–H and O–H groups in total. The third-order valence-corrected chi connectivity index (χ3v) is 5.86. The van der Waals surface area contributed by atoms with Gasteiger partial charge in [-0.15, -0.1) is 0 Å². The first-order valence-corrected chi connectivity index (χ1v) is 10.9. The summed E-state index contributed by atoms with van der Waals surface area (Å²) in [4.78, 5) is 18.1. The minimum absolute atomic E-state index is 0.0896. The van der Waals surface area contributed by atoms with Gasteiger partial charge in [0.25, 0.3) is 5.56 Å². The molecular formula is C22H27ClN6O3. The molecule has 4 heterocycles. The molecule has 0 bridgehead atoms. The molecule has 0 radical (unpaired) electrons. The van der Waals surface area contributed by atoms with Crippen LogP contribution in [0.5, 0.6) is 5.88 Å². The van der Waals surface area contributed by atoms with Crippen molar-refractivity contribution in [3.63, 3.8) is 0 Å². The maximum Gasteiger partial charge on any atom is 0.285 e. The van der Waals surface area contributed by atoms with Crippen molar-refractivity contribution in [3.8, 4) is 17.0 Å². The highest BCUT2D eigenvalue weighted by Gasteiger charge is 2.27. The fourth-order valence-electron chi connectivity index (χ4n) is 4.07. The normalized spacial score (nSPS) is 16.6. The summed E-state index contributed by atoms with van der Waals surface area (Å²) < 4.78 is 7.99. The van der Waals surface area contributed by atoms with Crippen LogP contribution < -0.4 is 15.2 Å². The van der Waals surface area contributed by atoms with Crippen LogP contribution in [0.3, 0.4) is 0 Å². The number of ether oxygens (including phenoxy) is 1. The van der Waals surface area contributed by atoms with Gasteiger partial charge in [0, 0.05) is 36.5 Å².